The molecule has 1 fully saturated rings. The van der Waals surface area contributed by atoms with Gasteiger partial charge in [-0.1, -0.05) is 31.5 Å². The second-order valence-electron chi connectivity index (χ2n) is 6.63. The van der Waals surface area contributed by atoms with E-state index in [1.165, 1.54) is 0 Å². The first-order chi connectivity index (χ1) is 12.2. The lowest BCUT2D eigenvalue weighted by Gasteiger charge is -2.33. The molecule has 2 aliphatic rings. The smallest absolute Gasteiger partial charge is 0.274 e. The number of carbonyl (C=O) groups excluding carboxylic acids is 2. The van der Waals surface area contributed by atoms with Crippen LogP contribution in [0.3, 0.4) is 0 Å². The SMILES string of the molecule is CCC[C@@H]1N(C(=O)c2cccnn2)CC[C@]12C(=O)Nc1ccccc12. The highest BCUT2D eigenvalue weighted by Gasteiger charge is 2.58. The molecule has 2 atom stereocenters. The Morgan fingerprint density at radius 3 is 2.92 bits per heavy atom. The van der Waals surface area contributed by atoms with Gasteiger partial charge in [0.25, 0.3) is 5.91 Å². The summed E-state index contributed by atoms with van der Waals surface area (Å²) in [6, 6.07) is 11.0. The van der Waals surface area contributed by atoms with Crippen LogP contribution in [0.25, 0.3) is 0 Å². The monoisotopic (exact) mass is 336 g/mol. The van der Waals surface area contributed by atoms with E-state index in [0.29, 0.717) is 18.7 Å². The molecular weight excluding hydrogens is 316 g/mol. The van der Waals surface area contributed by atoms with Crippen LogP contribution in [-0.4, -0.2) is 39.5 Å². The minimum atomic E-state index is -0.662. The van der Waals surface area contributed by atoms with Crippen LogP contribution in [0, 0.1) is 0 Å². The molecule has 128 valence electrons. The molecule has 0 radical (unpaired) electrons. The van der Waals surface area contributed by atoms with Crippen LogP contribution in [0.15, 0.2) is 42.6 Å². The van der Waals surface area contributed by atoms with Crippen molar-refractivity contribution in [3.05, 3.63) is 53.9 Å². The Morgan fingerprint density at radius 1 is 1.32 bits per heavy atom. The number of para-hydroxylation sites is 1. The predicted octanol–water partition coefficient (Wildman–Crippen LogP) is 2.38. The number of hydrogen-bond acceptors (Lipinski definition) is 4. The number of nitrogens with zero attached hydrogens (tertiary/aromatic N) is 3. The van der Waals surface area contributed by atoms with Crippen molar-refractivity contribution in [3.8, 4) is 0 Å². The number of anilines is 1. The fourth-order valence-corrected chi connectivity index (χ4v) is 4.28. The van der Waals surface area contributed by atoms with E-state index in [1.54, 1.807) is 18.3 Å². The van der Waals surface area contributed by atoms with E-state index in [0.717, 1.165) is 24.1 Å². The van der Waals surface area contributed by atoms with E-state index in [-0.39, 0.29) is 17.9 Å². The van der Waals surface area contributed by atoms with Crippen LogP contribution in [0.1, 0.15) is 42.2 Å². The first kappa shape index (κ1) is 15.7. The van der Waals surface area contributed by atoms with E-state index in [9.17, 15) is 9.59 Å². The predicted molar refractivity (Wildman–Crippen MR) is 93.1 cm³/mol. The molecule has 6 nitrogen and oxygen atoms in total. The van der Waals surface area contributed by atoms with Gasteiger partial charge in [0.15, 0.2) is 5.69 Å². The minimum absolute atomic E-state index is 0.00148. The van der Waals surface area contributed by atoms with Gasteiger partial charge < -0.3 is 10.2 Å². The summed E-state index contributed by atoms with van der Waals surface area (Å²) < 4.78 is 0. The van der Waals surface area contributed by atoms with Gasteiger partial charge in [0.1, 0.15) is 0 Å². The number of hydrogen-bond donors (Lipinski definition) is 1. The quantitative estimate of drug-likeness (QED) is 0.934. The molecule has 1 N–H and O–H groups in total. The normalized spacial score (nSPS) is 24.4. The average Bonchev–Trinajstić information content (AvgIpc) is 3.16. The van der Waals surface area contributed by atoms with Gasteiger partial charge in [0.2, 0.25) is 5.91 Å². The van der Waals surface area contributed by atoms with Crippen LogP contribution in [0.4, 0.5) is 5.69 Å². The molecule has 0 bridgehead atoms. The topological polar surface area (TPSA) is 75.2 Å². The molecule has 1 spiro atoms. The lowest BCUT2D eigenvalue weighted by Crippen LogP contribution is -2.48. The van der Waals surface area contributed by atoms with Gasteiger partial charge in [-0.05, 0) is 36.6 Å². The van der Waals surface area contributed by atoms with Gasteiger partial charge in [-0.2, -0.15) is 5.10 Å². The largest absolute Gasteiger partial charge is 0.333 e. The molecule has 25 heavy (non-hydrogen) atoms. The first-order valence-corrected chi connectivity index (χ1v) is 8.68. The standard InChI is InChI=1S/C19H20N4O2/c1-2-6-16-19(13-7-3-4-8-14(13)21-18(19)25)10-12-23(16)17(24)15-9-5-11-20-22-15/h3-5,7-9,11,16H,2,6,10,12H2,1H3,(H,21,25)/t16-,19+/m0/s1. The maximum atomic E-state index is 13.0. The summed E-state index contributed by atoms with van der Waals surface area (Å²) in [5.74, 6) is -0.151. The molecule has 0 aliphatic carbocycles. The highest BCUT2D eigenvalue weighted by molar-refractivity contribution is 6.08. The average molecular weight is 336 g/mol. The van der Waals surface area contributed by atoms with Crippen LogP contribution < -0.4 is 5.32 Å². The summed E-state index contributed by atoms with van der Waals surface area (Å²) in [4.78, 5) is 27.8. The van der Waals surface area contributed by atoms with Crippen molar-refractivity contribution in [1.82, 2.24) is 15.1 Å². The van der Waals surface area contributed by atoms with Crippen LogP contribution >= 0.6 is 0 Å². The van der Waals surface area contributed by atoms with Crippen LogP contribution in [0.2, 0.25) is 0 Å². The summed E-state index contributed by atoms with van der Waals surface area (Å²) in [6.45, 7) is 2.62. The summed E-state index contributed by atoms with van der Waals surface area (Å²) in [5, 5.41) is 10.8. The van der Waals surface area contributed by atoms with Crippen molar-refractivity contribution in [2.75, 3.05) is 11.9 Å². The fourth-order valence-electron chi connectivity index (χ4n) is 4.28. The third kappa shape index (κ3) is 2.24. The Bertz CT molecular complexity index is 823. The zero-order chi connectivity index (χ0) is 17.4. The van der Waals surface area contributed by atoms with Crippen molar-refractivity contribution in [1.29, 1.82) is 0 Å². The number of amides is 2. The fraction of sp³-hybridized carbons (Fsp3) is 0.368. The number of carbonyl (C=O) groups is 2. The zero-order valence-electron chi connectivity index (χ0n) is 14.1. The number of nitrogens with one attached hydrogen (secondary N) is 1. The minimum Gasteiger partial charge on any atom is -0.333 e. The lowest BCUT2D eigenvalue weighted by atomic mass is 9.73. The summed E-state index contributed by atoms with van der Waals surface area (Å²) >= 11 is 0. The van der Waals surface area contributed by atoms with Crippen molar-refractivity contribution < 1.29 is 9.59 Å². The third-order valence-corrected chi connectivity index (χ3v) is 5.37. The molecule has 1 saturated heterocycles. The van der Waals surface area contributed by atoms with Crippen molar-refractivity contribution in [3.63, 3.8) is 0 Å². The van der Waals surface area contributed by atoms with Crippen molar-refractivity contribution in [2.24, 2.45) is 0 Å². The second-order valence-corrected chi connectivity index (χ2v) is 6.63. The number of aromatic nitrogens is 2. The molecule has 4 rings (SSSR count). The molecule has 2 aromatic rings. The van der Waals surface area contributed by atoms with Gasteiger partial charge in [-0.25, -0.2) is 0 Å². The van der Waals surface area contributed by atoms with Gasteiger partial charge in [0.05, 0.1) is 11.5 Å². The number of likely N-dealkylation sites (tertiary alicyclic amines) is 1. The molecule has 2 amide bonds. The summed E-state index contributed by atoms with van der Waals surface area (Å²) in [5.41, 5.74) is 1.53. The van der Waals surface area contributed by atoms with E-state index in [4.69, 9.17) is 0 Å². The van der Waals surface area contributed by atoms with Crippen LogP contribution in [0.5, 0.6) is 0 Å². The maximum Gasteiger partial charge on any atom is 0.274 e. The van der Waals surface area contributed by atoms with E-state index < -0.39 is 5.41 Å². The number of rotatable bonds is 3. The van der Waals surface area contributed by atoms with Gasteiger partial charge in [-0.15, -0.1) is 5.10 Å². The van der Waals surface area contributed by atoms with Crippen LogP contribution in [-0.2, 0) is 10.2 Å². The van der Waals surface area contributed by atoms with Crippen molar-refractivity contribution >= 4 is 17.5 Å². The van der Waals surface area contributed by atoms with E-state index in [2.05, 4.69) is 22.4 Å². The van der Waals surface area contributed by atoms with Gasteiger partial charge in [0, 0.05) is 18.4 Å². The van der Waals surface area contributed by atoms with Crippen molar-refractivity contribution in [2.45, 2.75) is 37.6 Å². The van der Waals surface area contributed by atoms with Gasteiger partial charge >= 0.3 is 0 Å². The zero-order valence-corrected chi connectivity index (χ0v) is 14.1. The maximum absolute atomic E-state index is 13.0. The Balaban J connectivity index is 1.76. The van der Waals surface area contributed by atoms with Gasteiger partial charge in [-0.3, -0.25) is 9.59 Å². The molecule has 3 heterocycles. The Hall–Kier alpha value is -2.76. The molecule has 0 unspecified atom stereocenters. The first-order valence-electron chi connectivity index (χ1n) is 8.68. The third-order valence-electron chi connectivity index (χ3n) is 5.37. The highest BCUT2D eigenvalue weighted by atomic mass is 16.2. The number of fused-ring (bicyclic) bond motifs is 2. The molecule has 2 aliphatic heterocycles. The molecule has 1 aromatic carbocycles. The van der Waals surface area contributed by atoms with E-state index in [1.807, 2.05) is 29.2 Å². The Labute approximate surface area is 146 Å². The lowest BCUT2D eigenvalue weighted by molar-refractivity contribution is -0.121. The highest BCUT2D eigenvalue weighted by Crippen LogP contribution is 2.49. The molecule has 0 saturated carbocycles. The summed E-state index contributed by atoms with van der Waals surface area (Å²) in [7, 11) is 0. The number of benzene rings is 1. The van der Waals surface area contributed by atoms with E-state index >= 15 is 0 Å². The molecule has 6 heteroatoms. The molecular formula is C19H20N4O2. The Morgan fingerprint density at radius 2 is 2.16 bits per heavy atom. The second kappa shape index (κ2) is 5.95. The summed E-state index contributed by atoms with van der Waals surface area (Å²) in [6.07, 6.45) is 3.85. The molecule has 1 aromatic heterocycles. The Kier molecular flexibility index (Phi) is 3.75.